The zero-order chi connectivity index (χ0) is 20.9. The van der Waals surface area contributed by atoms with Crippen LogP contribution in [0, 0.1) is 0 Å². The number of ether oxygens (including phenoxy) is 1. The van der Waals surface area contributed by atoms with Crippen molar-refractivity contribution >= 4 is 52.8 Å². The van der Waals surface area contributed by atoms with Crippen LogP contribution in [0.25, 0.3) is 10.8 Å². The van der Waals surface area contributed by atoms with Crippen LogP contribution >= 0.6 is 24.2 Å². The summed E-state index contributed by atoms with van der Waals surface area (Å²) in [4.78, 5) is 13.0. The molecule has 4 rings (SSSR count). The first kappa shape index (κ1) is 23.1. The average Bonchev–Trinajstić information content (AvgIpc) is 3.22. The second kappa shape index (κ2) is 10.7. The Labute approximate surface area is 192 Å². The molecule has 162 valence electrons. The number of hydrogen-bond donors (Lipinski definition) is 2. The number of carbonyl (C=O) groups is 1. The molecule has 0 bridgehead atoms. The summed E-state index contributed by atoms with van der Waals surface area (Å²) in [7, 11) is 0. The van der Waals surface area contributed by atoms with E-state index in [1.54, 1.807) is 6.21 Å². The average molecular weight is 456 g/mol. The molecule has 1 amide bonds. The van der Waals surface area contributed by atoms with E-state index >= 15 is 0 Å². The zero-order valence-corrected chi connectivity index (χ0v) is 18.9. The van der Waals surface area contributed by atoms with Crippen LogP contribution in [0.2, 0.25) is 0 Å². The van der Waals surface area contributed by atoms with Crippen molar-refractivity contribution in [2.45, 2.75) is 24.7 Å². The molecule has 3 N–H and O–H groups in total. The number of para-hydroxylation sites is 1. The number of fused-ring (bicyclic) bond motifs is 1. The number of thioether (sulfide) groups is 1. The van der Waals surface area contributed by atoms with Crippen molar-refractivity contribution in [3.05, 3.63) is 77.4 Å². The Morgan fingerprint density at radius 3 is 2.77 bits per heavy atom. The molecular formula is C24H26ClN3O2S. The molecule has 7 heteroatoms. The van der Waals surface area contributed by atoms with Crippen LogP contribution in [-0.4, -0.2) is 29.9 Å². The second-order valence-electron chi connectivity index (χ2n) is 7.30. The summed E-state index contributed by atoms with van der Waals surface area (Å²) in [5.74, 6) is 6.50. The Balaban J connectivity index is 0.00000272. The molecule has 1 fully saturated rings. The second-order valence-corrected chi connectivity index (χ2v) is 8.73. The van der Waals surface area contributed by atoms with Gasteiger partial charge in [0.1, 0.15) is 5.44 Å². The highest BCUT2D eigenvalue weighted by Gasteiger charge is 2.28. The van der Waals surface area contributed by atoms with Crippen LogP contribution in [0.4, 0.5) is 5.69 Å². The van der Waals surface area contributed by atoms with E-state index in [0.717, 1.165) is 39.8 Å². The molecule has 5 nitrogen and oxygen atoms in total. The molecule has 1 aliphatic heterocycles. The van der Waals surface area contributed by atoms with Gasteiger partial charge >= 0.3 is 0 Å². The Morgan fingerprint density at radius 1 is 1.23 bits per heavy atom. The summed E-state index contributed by atoms with van der Waals surface area (Å²) in [5.41, 5.74) is 3.70. The Bertz CT molecular complexity index is 1080. The fourth-order valence-corrected chi connectivity index (χ4v) is 4.79. The number of rotatable bonds is 6. The van der Waals surface area contributed by atoms with Crippen molar-refractivity contribution in [2.75, 3.05) is 17.7 Å². The molecule has 1 saturated heterocycles. The van der Waals surface area contributed by atoms with E-state index in [2.05, 4.69) is 23.4 Å². The summed E-state index contributed by atoms with van der Waals surface area (Å²) in [6, 6.07) is 19.5. The van der Waals surface area contributed by atoms with Gasteiger partial charge in [-0.15, -0.1) is 24.2 Å². The number of nitrogens with two attached hydrogens (primary N) is 1. The smallest absolute Gasteiger partial charge is 0.255 e. The predicted molar refractivity (Wildman–Crippen MR) is 133 cm³/mol. The number of hydrazone groups is 1. The summed E-state index contributed by atoms with van der Waals surface area (Å²) < 4.78 is 6.00. The topological polar surface area (TPSA) is 76.7 Å². The monoisotopic (exact) mass is 455 g/mol. The molecule has 3 aromatic carbocycles. The van der Waals surface area contributed by atoms with Crippen LogP contribution in [0.15, 0.2) is 65.8 Å². The van der Waals surface area contributed by atoms with Crippen LogP contribution in [-0.2, 0) is 4.74 Å². The van der Waals surface area contributed by atoms with Crippen molar-refractivity contribution in [3.63, 3.8) is 0 Å². The summed E-state index contributed by atoms with van der Waals surface area (Å²) >= 11 is 1.83. The summed E-state index contributed by atoms with van der Waals surface area (Å²) in [5, 5.41) is 8.77. The minimum atomic E-state index is -0.115. The number of carbonyl (C=O) groups excluding carboxylic acids is 1. The predicted octanol–water partition coefficient (Wildman–Crippen LogP) is 5.39. The first-order valence-electron chi connectivity index (χ1n) is 10.1. The maximum absolute atomic E-state index is 13.0. The Hall–Kier alpha value is -2.54. The standard InChI is InChI=1S/C24H25N3O2S.ClH/c1-2-30-23-13-19(15-29-23)22-12-18(24(28)27-20-6-4-3-5-7-20)11-17-9-8-16(14-26-25)10-21(17)22;/h3-12,14,19,23H,2,13,15,25H2,1H3,(H,27,28);1H. The Morgan fingerprint density at radius 2 is 2.03 bits per heavy atom. The SMILES string of the molecule is CCSC1CC(c2cc(C(=O)Nc3ccccc3)cc3ccc(C=NN)cc23)CO1.Cl. The van der Waals surface area contributed by atoms with E-state index in [9.17, 15) is 4.79 Å². The molecule has 0 aliphatic carbocycles. The number of hydrogen-bond acceptors (Lipinski definition) is 5. The molecule has 0 spiro atoms. The minimum absolute atomic E-state index is 0. The Kier molecular flexibility index (Phi) is 7.96. The van der Waals surface area contributed by atoms with Gasteiger partial charge in [0.2, 0.25) is 0 Å². The quantitative estimate of drug-likeness (QED) is 0.297. The molecule has 0 aromatic heterocycles. The first-order chi connectivity index (χ1) is 14.7. The maximum Gasteiger partial charge on any atom is 0.255 e. The van der Waals surface area contributed by atoms with Crippen molar-refractivity contribution in [2.24, 2.45) is 10.9 Å². The molecule has 0 radical (unpaired) electrons. The third-order valence-corrected chi connectivity index (χ3v) is 6.31. The fraction of sp³-hybridized carbons (Fsp3) is 0.250. The number of nitrogens with one attached hydrogen (secondary N) is 1. The maximum atomic E-state index is 13.0. The van der Waals surface area contributed by atoms with Gasteiger partial charge in [0.15, 0.2) is 0 Å². The van der Waals surface area contributed by atoms with E-state index in [1.807, 2.05) is 66.4 Å². The van der Waals surface area contributed by atoms with Crippen LogP contribution in [0.3, 0.4) is 0 Å². The molecule has 1 aliphatic rings. The van der Waals surface area contributed by atoms with Gasteiger partial charge in [0.05, 0.1) is 12.8 Å². The lowest BCUT2D eigenvalue weighted by Crippen LogP contribution is -2.13. The lowest BCUT2D eigenvalue weighted by molar-refractivity contribution is 0.102. The number of anilines is 1. The summed E-state index contributed by atoms with van der Waals surface area (Å²) in [6.07, 6.45) is 2.58. The number of halogens is 1. The lowest BCUT2D eigenvalue weighted by Gasteiger charge is -2.16. The highest BCUT2D eigenvalue weighted by atomic mass is 35.5. The van der Waals surface area contributed by atoms with E-state index in [4.69, 9.17) is 10.6 Å². The van der Waals surface area contributed by atoms with E-state index < -0.39 is 0 Å². The molecular weight excluding hydrogens is 430 g/mol. The van der Waals surface area contributed by atoms with Gasteiger partial charge in [-0.25, -0.2) is 0 Å². The first-order valence-corrected chi connectivity index (χ1v) is 11.1. The number of nitrogens with zero attached hydrogens (tertiary/aromatic N) is 1. The normalized spacial score (nSPS) is 18.2. The highest BCUT2D eigenvalue weighted by Crippen LogP contribution is 2.38. The molecule has 3 aromatic rings. The number of benzene rings is 3. The molecule has 2 unspecified atom stereocenters. The molecule has 0 saturated carbocycles. The van der Waals surface area contributed by atoms with Crippen molar-refractivity contribution < 1.29 is 9.53 Å². The molecule has 1 heterocycles. The van der Waals surface area contributed by atoms with Gasteiger partial charge in [-0.1, -0.05) is 37.3 Å². The van der Waals surface area contributed by atoms with Crippen LogP contribution in [0.5, 0.6) is 0 Å². The van der Waals surface area contributed by atoms with Gasteiger partial charge in [-0.2, -0.15) is 5.10 Å². The highest BCUT2D eigenvalue weighted by molar-refractivity contribution is 7.99. The number of amides is 1. The van der Waals surface area contributed by atoms with Crippen molar-refractivity contribution in [1.82, 2.24) is 0 Å². The van der Waals surface area contributed by atoms with Gasteiger partial charge in [-0.05, 0) is 64.4 Å². The molecule has 2 atom stereocenters. The summed E-state index contributed by atoms with van der Waals surface area (Å²) in [6.45, 7) is 2.80. The molecule has 31 heavy (non-hydrogen) atoms. The van der Waals surface area contributed by atoms with Crippen LogP contribution in [0.1, 0.15) is 40.7 Å². The fourth-order valence-electron chi connectivity index (χ4n) is 3.87. The van der Waals surface area contributed by atoms with Gasteiger partial charge in [0.25, 0.3) is 5.91 Å². The van der Waals surface area contributed by atoms with E-state index in [-0.39, 0.29) is 29.7 Å². The van der Waals surface area contributed by atoms with Crippen LogP contribution < -0.4 is 11.2 Å². The van der Waals surface area contributed by atoms with E-state index in [0.29, 0.717) is 12.2 Å². The van der Waals surface area contributed by atoms with Gasteiger partial charge < -0.3 is 15.9 Å². The lowest BCUT2D eigenvalue weighted by atomic mass is 9.90. The van der Waals surface area contributed by atoms with Crippen molar-refractivity contribution in [3.8, 4) is 0 Å². The van der Waals surface area contributed by atoms with Gasteiger partial charge in [-0.3, -0.25) is 4.79 Å². The van der Waals surface area contributed by atoms with Crippen molar-refractivity contribution in [1.29, 1.82) is 0 Å². The third-order valence-electron chi connectivity index (χ3n) is 5.28. The van der Waals surface area contributed by atoms with E-state index in [1.165, 1.54) is 0 Å². The largest absolute Gasteiger partial charge is 0.367 e. The third kappa shape index (κ3) is 5.39. The minimum Gasteiger partial charge on any atom is -0.367 e. The zero-order valence-electron chi connectivity index (χ0n) is 17.3. The van der Waals surface area contributed by atoms with Gasteiger partial charge in [0, 0.05) is 17.2 Å².